The fourth-order valence-corrected chi connectivity index (χ4v) is 2.28. The molecule has 0 aliphatic rings. The zero-order chi connectivity index (χ0) is 13.1. The van der Waals surface area contributed by atoms with Crippen LogP contribution in [0.3, 0.4) is 0 Å². The molecule has 0 amide bonds. The number of anilines is 1. The average molecular weight is 250 g/mol. The minimum absolute atomic E-state index is 0.854. The predicted octanol–water partition coefficient (Wildman–Crippen LogP) is 4.34. The van der Waals surface area contributed by atoms with Crippen molar-refractivity contribution in [2.45, 2.75) is 19.9 Å². The van der Waals surface area contributed by atoms with Crippen LogP contribution in [0.2, 0.25) is 0 Å². The van der Waals surface area contributed by atoms with Crippen LogP contribution in [0.1, 0.15) is 18.1 Å². The van der Waals surface area contributed by atoms with Crippen LogP contribution in [0.25, 0.3) is 10.9 Å². The molecule has 1 heterocycles. The first kappa shape index (κ1) is 11.8. The number of nitrogens with one attached hydrogen (secondary N) is 2. The van der Waals surface area contributed by atoms with Gasteiger partial charge in [0.1, 0.15) is 0 Å². The smallest absolute Gasteiger partial charge is 0.0454 e. The van der Waals surface area contributed by atoms with E-state index in [1.54, 1.807) is 0 Å². The van der Waals surface area contributed by atoms with Gasteiger partial charge in [-0.1, -0.05) is 25.1 Å². The van der Waals surface area contributed by atoms with Gasteiger partial charge in [-0.25, -0.2) is 0 Å². The van der Waals surface area contributed by atoms with Crippen molar-refractivity contribution in [2.75, 3.05) is 5.32 Å². The predicted molar refractivity (Wildman–Crippen MR) is 81.4 cm³/mol. The van der Waals surface area contributed by atoms with Crippen LogP contribution in [-0.2, 0) is 13.0 Å². The van der Waals surface area contributed by atoms with E-state index >= 15 is 0 Å². The Morgan fingerprint density at radius 1 is 0.947 bits per heavy atom. The first-order valence-electron chi connectivity index (χ1n) is 6.74. The molecule has 0 radical (unpaired) electrons. The van der Waals surface area contributed by atoms with Crippen LogP contribution in [0.15, 0.2) is 54.7 Å². The van der Waals surface area contributed by atoms with Crippen LogP contribution in [0.4, 0.5) is 5.69 Å². The Labute approximate surface area is 113 Å². The molecule has 0 saturated carbocycles. The molecule has 3 aromatic rings. The quantitative estimate of drug-likeness (QED) is 0.708. The molecule has 0 bridgehead atoms. The van der Waals surface area contributed by atoms with E-state index < -0.39 is 0 Å². The third kappa shape index (κ3) is 2.63. The molecule has 2 nitrogen and oxygen atoms in total. The summed E-state index contributed by atoms with van der Waals surface area (Å²) in [5.74, 6) is 0. The number of rotatable bonds is 4. The summed E-state index contributed by atoms with van der Waals surface area (Å²) in [5, 5.41) is 4.72. The summed E-state index contributed by atoms with van der Waals surface area (Å²) < 4.78 is 0. The van der Waals surface area contributed by atoms with Gasteiger partial charge in [-0.3, -0.25) is 0 Å². The van der Waals surface area contributed by atoms with Crippen LogP contribution in [0.5, 0.6) is 0 Å². The number of hydrogen-bond acceptors (Lipinski definition) is 1. The fourth-order valence-electron chi connectivity index (χ4n) is 2.28. The lowest BCUT2D eigenvalue weighted by Gasteiger charge is -2.07. The second kappa shape index (κ2) is 5.19. The van der Waals surface area contributed by atoms with E-state index in [2.05, 4.69) is 65.8 Å². The van der Waals surface area contributed by atoms with Crippen molar-refractivity contribution < 1.29 is 0 Å². The maximum Gasteiger partial charge on any atom is 0.0454 e. The molecule has 0 aliphatic carbocycles. The molecule has 0 aliphatic heterocycles. The zero-order valence-corrected chi connectivity index (χ0v) is 11.1. The molecule has 0 unspecified atom stereocenters. The summed E-state index contributed by atoms with van der Waals surface area (Å²) in [4.78, 5) is 3.21. The highest BCUT2D eigenvalue weighted by Gasteiger charge is 1.98. The summed E-state index contributed by atoms with van der Waals surface area (Å²) in [6, 6.07) is 17.3. The second-order valence-corrected chi connectivity index (χ2v) is 4.80. The van der Waals surface area contributed by atoms with Crippen molar-refractivity contribution >= 4 is 16.6 Å². The molecule has 2 aromatic carbocycles. The van der Waals surface area contributed by atoms with E-state index in [0.717, 1.165) is 13.0 Å². The standard InChI is InChI=1S/C17H18N2/c1-2-13-3-6-16(7-4-13)19-12-14-5-8-17-15(11-14)9-10-18-17/h3-11,18-19H,2,12H2,1H3. The minimum Gasteiger partial charge on any atom is -0.381 e. The first-order chi connectivity index (χ1) is 9.35. The van der Waals surface area contributed by atoms with Crippen LogP contribution in [0, 0.1) is 0 Å². The molecule has 0 fully saturated rings. The monoisotopic (exact) mass is 250 g/mol. The Balaban J connectivity index is 1.70. The fraction of sp³-hybridized carbons (Fsp3) is 0.176. The van der Waals surface area contributed by atoms with Gasteiger partial charge in [-0.2, -0.15) is 0 Å². The van der Waals surface area contributed by atoms with Crippen LogP contribution < -0.4 is 5.32 Å². The Kier molecular flexibility index (Phi) is 3.23. The molecule has 19 heavy (non-hydrogen) atoms. The second-order valence-electron chi connectivity index (χ2n) is 4.80. The minimum atomic E-state index is 0.854. The molecule has 0 saturated heterocycles. The lowest BCUT2D eigenvalue weighted by Crippen LogP contribution is -1.99. The van der Waals surface area contributed by atoms with Crippen molar-refractivity contribution in [3.8, 4) is 0 Å². The van der Waals surface area contributed by atoms with Crippen molar-refractivity contribution in [3.05, 3.63) is 65.9 Å². The van der Waals surface area contributed by atoms with Crippen molar-refractivity contribution in [1.29, 1.82) is 0 Å². The highest BCUT2D eigenvalue weighted by molar-refractivity contribution is 5.79. The van der Waals surface area contributed by atoms with Gasteiger partial charge in [0.25, 0.3) is 0 Å². The number of aromatic nitrogens is 1. The van der Waals surface area contributed by atoms with E-state index in [-0.39, 0.29) is 0 Å². The van der Waals surface area contributed by atoms with E-state index in [9.17, 15) is 0 Å². The third-order valence-corrected chi connectivity index (χ3v) is 3.48. The van der Waals surface area contributed by atoms with Gasteiger partial charge in [0.05, 0.1) is 0 Å². The summed E-state index contributed by atoms with van der Waals surface area (Å²) in [6.45, 7) is 3.03. The Morgan fingerprint density at radius 3 is 2.53 bits per heavy atom. The number of aromatic amines is 1. The molecule has 0 spiro atoms. The molecule has 1 aromatic heterocycles. The number of aryl methyl sites for hydroxylation is 1. The van der Waals surface area contributed by atoms with E-state index in [4.69, 9.17) is 0 Å². The Bertz CT molecular complexity index is 665. The maximum absolute atomic E-state index is 3.46. The number of H-pyrrole nitrogens is 1. The summed E-state index contributed by atoms with van der Waals surface area (Å²) in [6.07, 6.45) is 3.07. The van der Waals surface area contributed by atoms with E-state index in [0.29, 0.717) is 0 Å². The van der Waals surface area contributed by atoms with Gasteiger partial charge in [0, 0.05) is 23.9 Å². The largest absolute Gasteiger partial charge is 0.381 e. The maximum atomic E-state index is 3.46. The van der Waals surface area contributed by atoms with Gasteiger partial charge < -0.3 is 10.3 Å². The van der Waals surface area contributed by atoms with Gasteiger partial charge in [0.2, 0.25) is 0 Å². The Hall–Kier alpha value is -2.22. The first-order valence-corrected chi connectivity index (χ1v) is 6.74. The molecule has 96 valence electrons. The van der Waals surface area contributed by atoms with E-state index in [1.807, 2.05) is 6.20 Å². The highest BCUT2D eigenvalue weighted by atomic mass is 14.9. The van der Waals surface area contributed by atoms with E-state index in [1.165, 1.54) is 27.7 Å². The summed E-state index contributed by atoms with van der Waals surface area (Å²) in [5.41, 5.74) is 5.04. The molecular weight excluding hydrogens is 232 g/mol. The average Bonchev–Trinajstić information content (AvgIpc) is 2.93. The third-order valence-electron chi connectivity index (χ3n) is 3.48. The zero-order valence-electron chi connectivity index (χ0n) is 11.1. The molecular formula is C17H18N2. The lowest BCUT2D eigenvalue weighted by molar-refractivity contribution is 1.13. The topological polar surface area (TPSA) is 27.8 Å². The highest BCUT2D eigenvalue weighted by Crippen LogP contribution is 2.16. The SMILES string of the molecule is CCc1ccc(NCc2ccc3[nH]ccc3c2)cc1. The van der Waals surface area contributed by atoms with Crippen LogP contribution in [-0.4, -0.2) is 4.98 Å². The number of hydrogen-bond donors (Lipinski definition) is 2. The lowest BCUT2D eigenvalue weighted by atomic mass is 10.1. The summed E-state index contributed by atoms with van der Waals surface area (Å²) >= 11 is 0. The van der Waals surface area contributed by atoms with Gasteiger partial charge in [-0.15, -0.1) is 0 Å². The van der Waals surface area contributed by atoms with Gasteiger partial charge in [-0.05, 0) is 53.3 Å². The molecule has 2 heteroatoms. The molecule has 3 rings (SSSR count). The molecule has 0 atom stereocenters. The summed E-state index contributed by atoms with van der Waals surface area (Å²) in [7, 11) is 0. The normalized spacial score (nSPS) is 10.8. The Morgan fingerprint density at radius 2 is 1.74 bits per heavy atom. The van der Waals surface area contributed by atoms with Crippen LogP contribution >= 0.6 is 0 Å². The van der Waals surface area contributed by atoms with Gasteiger partial charge in [0.15, 0.2) is 0 Å². The number of fused-ring (bicyclic) bond motifs is 1. The van der Waals surface area contributed by atoms with Crippen molar-refractivity contribution in [1.82, 2.24) is 4.98 Å². The molecule has 2 N–H and O–H groups in total. The van der Waals surface area contributed by atoms with Crippen molar-refractivity contribution in [2.24, 2.45) is 0 Å². The van der Waals surface area contributed by atoms with Crippen molar-refractivity contribution in [3.63, 3.8) is 0 Å². The van der Waals surface area contributed by atoms with Gasteiger partial charge >= 0.3 is 0 Å². The number of benzene rings is 2.